The van der Waals surface area contributed by atoms with Gasteiger partial charge in [-0.2, -0.15) is 23.3 Å². The summed E-state index contributed by atoms with van der Waals surface area (Å²) in [5.41, 5.74) is 1.87. The van der Waals surface area contributed by atoms with Crippen LogP contribution >= 0.6 is 0 Å². The monoisotopic (exact) mass is 666 g/mol. The van der Waals surface area contributed by atoms with Crippen molar-refractivity contribution >= 4 is 34.7 Å². The molecular weight excluding hydrogens is 629 g/mol. The molecule has 2 fully saturated rings. The summed E-state index contributed by atoms with van der Waals surface area (Å²) in [7, 11) is 3.60. The second-order valence-electron chi connectivity index (χ2n) is 13.5. The van der Waals surface area contributed by atoms with Crippen LogP contribution in [0.25, 0.3) is 22.4 Å². The van der Waals surface area contributed by atoms with Crippen LogP contribution in [0, 0.1) is 11.3 Å². The summed E-state index contributed by atoms with van der Waals surface area (Å²) in [5, 5.41) is 16.5. The lowest BCUT2D eigenvalue weighted by Gasteiger charge is -2.34. The van der Waals surface area contributed by atoms with Gasteiger partial charge in [0.15, 0.2) is 11.3 Å². The molecule has 48 heavy (non-hydrogen) atoms. The maximum absolute atomic E-state index is 14.2. The van der Waals surface area contributed by atoms with Gasteiger partial charge in [0.05, 0.1) is 35.2 Å². The lowest BCUT2D eigenvalue weighted by molar-refractivity contribution is -0.142. The number of nitrogens with one attached hydrogen (secondary N) is 2. The molecule has 0 aromatic carbocycles. The van der Waals surface area contributed by atoms with Crippen LogP contribution in [0.3, 0.4) is 0 Å². The summed E-state index contributed by atoms with van der Waals surface area (Å²) < 4.78 is 49.7. The van der Waals surface area contributed by atoms with Crippen LogP contribution in [-0.4, -0.2) is 74.0 Å². The van der Waals surface area contributed by atoms with Gasteiger partial charge in [0.25, 0.3) is 5.91 Å². The molecule has 254 valence electrons. The molecule has 1 atom stereocenters. The van der Waals surface area contributed by atoms with Crippen molar-refractivity contribution in [2.45, 2.75) is 70.0 Å². The minimum absolute atomic E-state index is 0.0663. The number of aromatic amines is 1. The molecule has 1 amide bonds. The maximum Gasteiger partial charge on any atom is 0.418 e. The highest BCUT2D eigenvalue weighted by Gasteiger charge is 2.40. The van der Waals surface area contributed by atoms with Gasteiger partial charge in [-0.3, -0.25) is 24.6 Å². The minimum Gasteiger partial charge on any atom is -0.481 e. The Kier molecular flexibility index (Phi) is 8.12. The predicted molar refractivity (Wildman–Crippen MR) is 170 cm³/mol. The molecule has 2 saturated carbocycles. The Morgan fingerprint density at radius 2 is 1.94 bits per heavy atom. The minimum atomic E-state index is -4.57. The Morgan fingerprint density at radius 1 is 1.17 bits per heavy atom. The van der Waals surface area contributed by atoms with E-state index in [0.717, 1.165) is 31.7 Å². The number of carbonyl (C=O) groups excluding carboxylic acids is 1. The molecule has 4 aromatic rings. The number of hydrogen-bond acceptors (Lipinski definition) is 8. The van der Waals surface area contributed by atoms with Gasteiger partial charge in [0.1, 0.15) is 5.52 Å². The number of methoxy groups -OCH3 is 1. The molecule has 0 spiro atoms. The maximum atomic E-state index is 14.2. The van der Waals surface area contributed by atoms with Crippen LogP contribution < -0.4 is 10.2 Å². The van der Waals surface area contributed by atoms with Gasteiger partial charge in [-0.25, -0.2) is 4.98 Å². The highest BCUT2D eigenvalue weighted by molar-refractivity contribution is 6.03. The van der Waals surface area contributed by atoms with Gasteiger partial charge in [0, 0.05) is 62.5 Å². The fraction of sp³-hybridized carbons (Fsp3) is 0.515. The number of hydrogen-bond donors (Lipinski definition) is 3. The first-order chi connectivity index (χ1) is 22.9. The highest BCUT2D eigenvalue weighted by Crippen LogP contribution is 2.46. The smallest absolute Gasteiger partial charge is 0.418 e. The SMILES string of the molecule is COCC1(CN(C)c2cc(-c3cnc(C4CC4)c(C(F)(F)F)c3)nc3nc(NC(=O)c4cc5n(n4)CCC(C(=O)O)C5)[nH]c23)CCCC1. The number of rotatable bonds is 10. The Bertz CT molecular complexity index is 1880. The third-order valence-electron chi connectivity index (χ3n) is 9.84. The van der Waals surface area contributed by atoms with Gasteiger partial charge in [0.2, 0.25) is 5.95 Å². The summed E-state index contributed by atoms with van der Waals surface area (Å²) in [6.45, 7) is 1.60. The molecule has 5 heterocycles. The number of fused-ring (bicyclic) bond motifs is 2. The average Bonchev–Trinajstić information content (AvgIpc) is 3.43. The summed E-state index contributed by atoms with van der Waals surface area (Å²) in [6.07, 6.45) is 3.09. The van der Waals surface area contributed by atoms with Crippen LogP contribution in [0.4, 0.5) is 24.8 Å². The third kappa shape index (κ3) is 6.22. The van der Waals surface area contributed by atoms with Crippen molar-refractivity contribution in [1.29, 1.82) is 0 Å². The predicted octanol–water partition coefficient (Wildman–Crippen LogP) is 5.65. The van der Waals surface area contributed by atoms with Crippen LogP contribution in [0.5, 0.6) is 0 Å². The van der Waals surface area contributed by atoms with E-state index in [1.54, 1.807) is 23.9 Å². The number of H-pyrrole nitrogens is 1. The van der Waals surface area contributed by atoms with Crippen LogP contribution in [0.1, 0.15) is 78.3 Å². The zero-order valence-electron chi connectivity index (χ0n) is 26.7. The summed E-state index contributed by atoms with van der Waals surface area (Å²) in [4.78, 5) is 43.4. The van der Waals surface area contributed by atoms with Gasteiger partial charge in [-0.1, -0.05) is 12.8 Å². The lowest BCUT2D eigenvalue weighted by Crippen LogP contribution is -2.37. The van der Waals surface area contributed by atoms with Crippen molar-refractivity contribution < 1.29 is 32.6 Å². The lowest BCUT2D eigenvalue weighted by atomic mass is 9.86. The fourth-order valence-electron chi connectivity index (χ4n) is 7.31. The molecule has 1 unspecified atom stereocenters. The number of aliphatic carboxylic acids is 1. The quantitative estimate of drug-likeness (QED) is 0.195. The van der Waals surface area contributed by atoms with E-state index in [1.165, 1.54) is 6.20 Å². The van der Waals surface area contributed by atoms with Crippen LogP contribution in [-0.2, 0) is 28.7 Å². The Hall–Kier alpha value is -4.53. The molecule has 0 saturated heterocycles. The number of imidazole rings is 1. The van der Waals surface area contributed by atoms with Crippen molar-refractivity contribution in [2.75, 3.05) is 37.5 Å². The van der Waals surface area contributed by atoms with E-state index in [9.17, 15) is 27.9 Å². The van der Waals surface area contributed by atoms with Crippen molar-refractivity contribution in [1.82, 2.24) is 29.7 Å². The number of aromatic nitrogens is 6. The van der Waals surface area contributed by atoms with Crippen molar-refractivity contribution in [3.63, 3.8) is 0 Å². The Morgan fingerprint density at radius 3 is 2.62 bits per heavy atom. The molecular formula is C33H37F3N8O4. The first-order valence-electron chi connectivity index (χ1n) is 16.2. The number of amides is 1. The van der Waals surface area contributed by atoms with Crippen molar-refractivity contribution in [3.05, 3.63) is 47.0 Å². The van der Waals surface area contributed by atoms with E-state index in [4.69, 9.17) is 4.74 Å². The van der Waals surface area contributed by atoms with Gasteiger partial charge < -0.3 is 19.7 Å². The number of halogens is 3. The van der Waals surface area contributed by atoms with E-state index >= 15 is 0 Å². The van der Waals surface area contributed by atoms with E-state index < -0.39 is 29.5 Å². The van der Waals surface area contributed by atoms with E-state index in [2.05, 4.69) is 30.4 Å². The van der Waals surface area contributed by atoms with Gasteiger partial charge in [-0.05, 0) is 50.3 Å². The Labute approximate surface area is 274 Å². The first kappa shape index (κ1) is 32.0. The fourth-order valence-corrected chi connectivity index (χ4v) is 7.31. The summed E-state index contributed by atoms with van der Waals surface area (Å²) >= 11 is 0. The molecule has 1 aliphatic heterocycles. The zero-order chi connectivity index (χ0) is 33.8. The number of aryl methyl sites for hydroxylation is 1. The second-order valence-corrected chi connectivity index (χ2v) is 13.5. The first-order valence-corrected chi connectivity index (χ1v) is 16.2. The number of ether oxygens (including phenoxy) is 1. The summed E-state index contributed by atoms with van der Waals surface area (Å²) in [6, 6.07) is 4.43. The molecule has 2 aliphatic carbocycles. The number of alkyl halides is 3. The van der Waals surface area contributed by atoms with Crippen molar-refractivity contribution in [2.24, 2.45) is 11.3 Å². The molecule has 3 aliphatic rings. The molecule has 0 radical (unpaired) electrons. The molecule has 15 heteroatoms. The number of carboxylic acid groups (broad SMARTS) is 1. The number of nitrogens with zero attached hydrogens (tertiary/aromatic N) is 6. The van der Waals surface area contributed by atoms with Crippen LogP contribution in [0.15, 0.2) is 24.4 Å². The Balaban J connectivity index is 1.25. The topological polar surface area (TPSA) is 151 Å². The second kappa shape index (κ2) is 12.2. The van der Waals surface area contributed by atoms with Crippen molar-refractivity contribution in [3.8, 4) is 11.3 Å². The molecule has 12 nitrogen and oxygen atoms in total. The third-order valence-corrected chi connectivity index (χ3v) is 9.84. The molecule has 3 N–H and O–H groups in total. The normalized spacial score (nSPS) is 19.0. The van der Waals surface area contributed by atoms with E-state index in [1.807, 2.05) is 11.9 Å². The van der Waals surface area contributed by atoms with E-state index in [0.29, 0.717) is 55.9 Å². The number of carboxylic acids is 1. The number of carbonyl (C=O) groups is 2. The largest absolute Gasteiger partial charge is 0.481 e. The molecule has 0 bridgehead atoms. The van der Waals surface area contributed by atoms with Crippen LogP contribution in [0.2, 0.25) is 0 Å². The highest BCUT2D eigenvalue weighted by atomic mass is 19.4. The number of anilines is 2. The van der Waals surface area contributed by atoms with Gasteiger partial charge >= 0.3 is 12.1 Å². The standard InChI is InChI=1S/C33H37F3N8O4/c1-43(16-32(17-48-2)8-3-4-9-32)25-14-23(20-12-22(33(34,35)36)26(37-15-20)18-5-6-18)38-28-27(25)39-31(40-28)41-29(45)24-13-21-11-19(30(46)47)7-10-44(21)42-24/h12-15,18-19H,3-11,16-17H2,1-2H3,(H,46,47)(H2,38,39,40,41,45). The average molecular weight is 667 g/mol. The zero-order valence-corrected chi connectivity index (χ0v) is 26.7. The molecule has 4 aromatic heterocycles. The van der Waals surface area contributed by atoms with E-state index in [-0.39, 0.29) is 52.0 Å². The summed E-state index contributed by atoms with van der Waals surface area (Å²) in [5.74, 6) is -2.05. The molecule has 7 rings (SSSR count). The van der Waals surface area contributed by atoms with Gasteiger partial charge in [-0.15, -0.1) is 0 Å². The number of pyridine rings is 2.